The predicted molar refractivity (Wildman–Crippen MR) is 78.0 cm³/mol. The fraction of sp³-hybridized carbons (Fsp3) is 1.00. The molecule has 0 radical (unpaired) electrons. The molecule has 1 saturated heterocycles. The molecule has 1 N–H and O–H groups in total. The normalized spacial score (nSPS) is 21.2. The van der Waals surface area contributed by atoms with Crippen molar-refractivity contribution in [2.75, 3.05) is 39.9 Å². The predicted octanol–water partition coefficient (Wildman–Crippen LogP) is 2.51. The van der Waals surface area contributed by atoms with Crippen molar-refractivity contribution in [2.24, 2.45) is 5.41 Å². The Morgan fingerprint density at radius 3 is 2.50 bits per heavy atom. The van der Waals surface area contributed by atoms with Crippen LogP contribution < -0.4 is 5.32 Å². The van der Waals surface area contributed by atoms with Gasteiger partial charge in [0.1, 0.15) is 0 Å². The first-order chi connectivity index (χ1) is 8.61. The second-order valence-electron chi connectivity index (χ2n) is 6.10. The van der Waals surface area contributed by atoms with E-state index in [0.29, 0.717) is 5.41 Å². The van der Waals surface area contributed by atoms with E-state index in [9.17, 15) is 0 Å². The highest BCUT2D eigenvalue weighted by atomic mass is 16.5. The lowest BCUT2D eigenvalue weighted by molar-refractivity contribution is 0.0287. The summed E-state index contributed by atoms with van der Waals surface area (Å²) in [6, 6.07) is 0.718. The van der Waals surface area contributed by atoms with Gasteiger partial charge in [-0.2, -0.15) is 0 Å². The van der Waals surface area contributed by atoms with E-state index in [4.69, 9.17) is 4.74 Å². The van der Waals surface area contributed by atoms with Crippen LogP contribution in [0.1, 0.15) is 46.5 Å². The third-order valence-corrected chi connectivity index (χ3v) is 4.28. The lowest BCUT2D eigenvalue weighted by Gasteiger charge is -2.38. The van der Waals surface area contributed by atoms with Gasteiger partial charge in [0.15, 0.2) is 0 Å². The second kappa shape index (κ2) is 8.13. The van der Waals surface area contributed by atoms with Crippen molar-refractivity contribution in [1.29, 1.82) is 0 Å². The monoisotopic (exact) mass is 256 g/mol. The van der Waals surface area contributed by atoms with Crippen molar-refractivity contribution in [3.8, 4) is 0 Å². The Kier molecular flexibility index (Phi) is 7.20. The molecule has 18 heavy (non-hydrogen) atoms. The summed E-state index contributed by atoms with van der Waals surface area (Å²) in [6.45, 7) is 12.3. The summed E-state index contributed by atoms with van der Waals surface area (Å²) in [6.07, 6.45) is 4.84. The fourth-order valence-corrected chi connectivity index (χ4v) is 2.72. The van der Waals surface area contributed by atoms with Crippen LogP contribution in [0, 0.1) is 5.41 Å². The lowest BCUT2D eigenvalue weighted by Crippen LogP contribution is -2.46. The molecule has 0 saturated carbocycles. The number of hydrogen-bond donors (Lipinski definition) is 1. The van der Waals surface area contributed by atoms with E-state index in [-0.39, 0.29) is 0 Å². The van der Waals surface area contributed by atoms with E-state index in [1.54, 1.807) is 0 Å². The van der Waals surface area contributed by atoms with Crippen LogP contribution in [0.3, 0.4) is 0 Å². The number of ether oxygens (including phenoxy) is 1. The SMILES string of the molecule is CCCNCC(C)(CC)CN(C)C1CCOCC1. The van der Waals surface area contributed by atoms with Crippen LogP contribution in [0.15, 0.2) is 0 Å². The van der Waals surface area contributed by atoms with Crippen molar-refractivity contribution in [2.45, 2.75) is 52.5 Å². The number of nitrogens with one attached hydrogen (secondary N) is 1. The van der Waals surface area contributed by atoms with Crippen LogP contribution in [0.5, 0.6) is 0 Å². The van der Waals surface area contributed by atoms with Gasteiger partial charge >= 0.3 is 0 Å². The lowest BCUT2D eigenvalue weighted by atomic mass is 9.86. The van der Waals surface area contributed by atoms with Crippen LogP contribution >= 0.6 is 0 Å². The minimum absolute atomic E-state index is 0.391. The Balaban J connectivity index is 2.39. The van der Waals surface area contributed by atoms with E-state index in [0.717, 1.165) is 32.3 Å². The molecular weight excluding hydrogens is 224 g/mol. The van der Waals surface area contributed by atoms with Gasteiger partial charge in [-0.05, 0) is 44.7 Å². The molecule has 0 aliphatic carbocycles. The van der Waals surface area contributed by atoms with Crippen LogP contribution in [0.2, 0.25) is 0 Å². The van der Waals surface area contributed by atoms with Crippen LogP contribution in [0.4, 0.5) is 0 Å². The Hall–Kier alpha value is -0.120. The summed E-state index contributed by atoms with van der Waals surface area (Å²) in [4.78, 5) is 2.56. The van der Waals surface area contributed by atoms with Gasteiger partial charge in [0.05, 0.1) is 0 Å². The quantitative estimate of drug-likeness (QED) is 0.675. The zero-order chi connectivity index (χ0) is 13.4. The second-order valence-corrected chi connectivity index (χ2v) is 6.10. The topological polar surface area (TPSA) is 24.5 Å². The Morgan fingerprint density at radius 1 is 1.28 bits per heavy atom. The van der Waals surface area contributed by atoms with Gasteiger partial charge < -0.3 is 15.0 Å². The van der Waals surface area contributed by atoms with Gasteiger partial charge in [0.2, 0.25) is 0 Å². The minimum atomic E-state index is 0.391. The summed E-state index contributed by atoms with van der Waals surface area (Å²) >= 11 is 0. The van der Waals surface area contributed by atoms with E-state index in [1.807, 2.05) is 0 Å². The average Bonchev–Trinajstić information content (AvgIpc) is 2.40. The Morgan fingerprint density at radius 2 is 1.94 bits per heavy atom. The summed E-state index contributed by atoms with van der Waals surface area (Å²) in [7, 11) is 2.28. The molecule has 1 unspecified atom stereocenters. The summed E-state index contributed by atoms with van der Waals surface area (Å²) in [5.74, 6) is 0. The minimum Gasteiger partial charge on any atom is -0.381 e. The highest BCUT2D eigenvalue weighted by molar-refractivity contribution is 4.82. The van der Waals surface area contributed by atoms with Crippen molar-refractivity contribution < 1.29 is 4.74 Å². The molecule has 3 heteroatoms. The molecule has 1 rings (SSSR count). The maximum absolute atomic E-state index is 5.45. The van der Waals surface area contributed by atoms with E-state index in [2.05, 4.69) is 38.0 Å². The maximum Gasteiger partial charge on any atom is 0.0480 e. The average molecular weight is 256 g/mol. The van der Waals surface area contributed by atoms with E-state index >= 15 is 0 Å². The number of nitrogens with zero attached hydrogens (tertiary/aromatic N) is 1. The molecule has 1 aliphatic rings. The molecule has 0 aromatic carbocycles. The molecule has 1 atom stereocenters. The van der Waals surface area contributed by atoms with Crippen LogP contribution in [-0.4, -0.2) is 50.8 Å². The molecular formula is C15H32N2O. The molecule has 3 nitrogen and oxygen atoms in total. The molecule has 0 aromatic rings. The third kappa shape index (κ3) is 5.25. The largest absolute Gasteiger partial charge is 0.381 e. The summed E-state index contributed by atoms with van der Waals surface area (Å²) in [5, 5.41) is 3.58. The van der Waals surface area contributed by atoms with Crippen molar-refractivity contribution in [3.63, 3.8) is 0 Å². The first kappa shape index (κ1) is 15.9. The van der Waals surface area contributed by atoms with Crippen molar-refractivity contribution in [1.82, 2.24) is 10.2 Å². The van der Waals surface area contributed by atoms with E-state index in [1.165, 1.54) is 32.2 Å². The van der Waals surface area contributed by atoms with Crippen LogP contribution in [0.25, 0.3) is 0 Å². The molecule has 0 amide bonds. The van der Waals surface area contributed by atoms with Gasteiger partial charge in [-0.3, -0.25) is 0 Å². The molecule has 108 valence electrons. The number of rotatable bonds is 8. The smallest absolute Gasteiger partial charge is 0.0480 e. The molecule has 1 aliphatic heterocycles. The summed E-state index contributed by atoms with van der Waals surface area (Å²) in [5.41, 5.74) is 0.391. The first-order valence-electron chi connectivity index (χ1n) is 7.60. The van der Waals surface area contributed by atoms with Gasteiger partial charge in [0.25, 0.3) is 0 Å². The highest BCUT2D eigenvalue weighted by Crippen LogP contribution is 2.24. The fourth-order valence-electron chi connectivity index (χ4n) is 2.72. The first-order valence-corrected chi connectivity index (χ1v) is 7.60. The Bertz CT molecular complexity index is 217. The van der Waals surface area contributed by atoms with Crippen molar-refractivity contribution >= 4 is 0 Å². The van der Waals surface area contributed by atoms with Crippen LogP contribution in [-0.2, 0) is 4.74 Å². The zero-order valence-corrected chi connectivity index (χ0v) is 12.8. The van der Waals surface area contributed by atoms with E-state index < -0.39 is 0 Å². The third-order valence-electron chi connectivity index (χ3n) is 4.28. The van der Waals surface area contributed by atoms with Gasteiger partial charge in [-0.1, -0.05) is 20.8 Å². The zero-order valence-electron chi connectivity index (χ0n) is 12.8. The number of hydrogen-bond acceptors (Lipinski definition) is 3. The van der Waals surface area contributed by atoms with Crippen molar-refractivity contribution in [3.05, 3.63) is 0 Å². The molecule has 0 aromatic heterocycles. The van der Waals surface area contributed by atoms with Gasteiger partial charge in [0, 0.05) is 32.3 Å². The Labute approximate surface area is 113 Å². The van der Waals surface area contributed by atoms with Gasteiger partial charge in [-0.25, -0.2) is 0 Å². The maximum atomic E-state index is 5.45. The van der Waals surface area contributed by atoms with Gasteiger partial charge in [-0.15, -0.1) is 0 Å². The molecule has 1 heterocycles. The molecule has 1 fully saturated rings. The highest BCUT2D eigenvalue weighted by Gasteiger charge is 2.27. The molecule has 0 spiro atoms. The summed E-state index contributed by atoms with van der Waals surface area (Å²) < 4.78 is 5.45. The molecule has 0 bridgehead atoms. The standard InChI is InChI=1S/C15H32N2O/c1-5-9-16-12-15(3,6-2)13-17(4)14-7-10-18-11-8-14/h14,16H,5-13H2,1-4H3.